The molecule has 0 aliphatic rings. The number of carbonyl (C=O) groups is 2. The summed E-state index contributed by atoms with van der Waals surface area (Å²) in [6.07, 6.45) is -6.34. The molecule has 0 spiro atoms. The van der Waals surface area contributed by atoms with Gasteiger partial charge in [0.2, 0.25) is 0 Å². The maximum absolute atomic E-state index is 12.9. The number of halogens is 5. The summed E-state index contributed by atoms with van der Waals surface area (Å²) in [5, 5.41) is 8.99. The lowest BCUT2D eigenvalue weighted by Crippen LogP contribution is -2.66. The Kier molecular flexibility index (Phi) is 4.05. The third kappa shape index (κ3) is 2.16. The first kappa shape index (κ1) is 15.5. The van der Waals surface area contributed by atoms with E-state index in [0.717, 1.165) is 0 Å². The van der Waals surface area contributed by atoms with E-state index in [0.29, 0.717) is 14.2 Å². The molecule has 0 fully saturated rings. The Hall–Kier alpha value is -1.45. The van der Waals surface area contributed by atoms with E-state index in [9.17, 15) is 31.5 Å². The molecule has 0 aromatic rings. The third-order valence-corrected chi connectivity index (χ3v) is 1.77. The molecule has 0 aliphatic heterocycles. The number of hydrogen-bond donors (Lipinski definition) is 1. The van der Waals surface area contributed by atoms with Crippen molar-refractivity contribution in [3.05, 3.63) is 0 Å². The summed E-state index contributed by atoms with van der Waals surface area (Å²) in [5.41, 5.74) is -4.78. The van der Waals surface area contributed by atoms with Gasteiger partial charge in [-0.1, -0.05) is 0 Å². The van der Waals surface area contributed by atoms with Crippen LogP contribution in [0.5, 0.6) is 0 Å². The maximum atomic E-state index is 12.9. The van der Waals surface area contributed by atoms with Crippen LogP contribution in [-0.2, 0) is 19.1 Å². The van der Waals surface area contributed by atoms with Gasteiger partial charge in [-0.2, -0.15) is 22.0 Å². The number of rotatable bonds is 3. The first-order chi connectivity index (χ1) is 7.46. The average molecular weight is 266 g/mol. The summed E-state index contributed by atoms with van der Waals surface area (Å²) < 4.78 is 68.8. The lowest BCUT2D eigenvalue weighted by molar-refractivity contribution is -0.332. The summed E-state index contributed by atoms with van der Waals surface area (Å²) in [6.45, 7) is 0. The number of esters is 2. The van der Waals surface area contributed by atoms with E-state index < -0.39 is 29.6 Å². The molecule has 0 heterocycles. The second-order valence-electron chi connectivity index (χ2n) is 2.77. The van der Waals surface area contributed by atoms with Crippen LogP contribution in [0.2, 0.25) is 0 Å². The molecule has 100 valence electrons. The van der Waals surface area contributed by atoms with Crippen LogP contribution in [0, 0.1) is 0 Å². The van der Waals surface area contributed by atoms with E-state index in [1.165, 1.54) is 0 Å². The standard InChI is InChI=1S/C7H7F5O5/c1-16-3(13)5(15,4(14)17-2)6(8,9)7(10,11)12/h15H,1-2H3. The van der Waals surface area contributed by atoms with Crippen molar-refractivity contribution in [1.29, 1.82) is 0 Å². The fraction of sp³-hybridized carbons (Fsp3) is 0.714. The average Bonchev–Trinajstić information content (AvgIpc) is 2.23. The molecular weight excluding hydrogens is 259 g/mol. The molecule has 0 saturated carbocycles. The summed E-state index contributed by atoms with van der Waals surface area (Å²) >= 11 is 0. The molecule has 17 heavy (non-hydrogen) atoms. The van der Waals surface area contributed by atoms with E-state index in [1.807, 2.05) is 0 Å². The van der Waals surface area contributed by atoms with E-state index in [-0.39, 0.29) is 0 Å². The SMILES string of the molecule is COC(=O)C(O)(C(=O)OC)C(F)(F)C(F)(F)F. The van der Waals surface area contributed by atoms with Crippen LogP contribution in [0.25, 0.3) is 0 Å². The highest BCUT2D eigenvalue weighted by Crippen LogP contribution is 2.44. The second kappa shape index (κ2) is 4.43. The number of hydrogen-bond acceptors (Lipinski definition) is 5. The molecule has 0 aliphatic carbocycles. The fourth-order valence-corrected chi connectivity index (χ4v) is 0.840. The zero-order valence-corrected chi connectivity index (χ0v) is 8.47. The Morgan fingerprint density at radius 2 is 1.24 bits per heavy atom. The van der Waals surface area contributed by atoms with Crippen LogP contribution in [0.1, 0.15) is 0 Å². The highest BCUT2D eigenvalue weighted by molar-refractivity contribution is 6.04. The van der Waals surface area contributed by atoms with Crippen LogP contribution in [0.15, 0.2) is 0 Å². The molecule has 0 rings (SSSR count). The number of methoxy groups -OCH3 is 2. The highest BCUT2D eigenvalue weighted by Gasteiger charge is 2.78. The summed E-state index contributed by atoms with van der Waals surface area (Å²) in [6, 6.07) is 0. The van der Waals surface area contributed by atoms with Gasteiger partial charge in [-0.3, -0.25) is 0 Å². The van der Waals surface area contributed by atoms with Crippen molar-refractivity contribution in [3.8, 4) is 0 Å². The van der Waals surface area contributed by atoms with Crippen molar-refractivity contribution >= 4 is 11.9 Å². The van der Waals surface area contributed by atoms with Gasteiger partial charge >= 0.3 is 29.6 Å². The second-order valence-corrected chi connectivity index (χ2v) is 2.77. The number of carbonyl (C=O) groups excluding carboxylic acids is 2. The zero-order chi connectivity index (χ0) is 14.1. The molecule has 0 saturated heterocycles. The Labute approximate surface area is 91.1 Å². The molecule has 5 nitrogen and oxygen atoms in total. The van der Waals surface area contributed by atoms with Crippen molar-refractivity contribution < 1.29 is 46.1 Å². The van der Waals surface area contributed by atoms with Crippen LogP contribution < -0.4 is 0 Å². The smallest absolute Gasteiger partial charge is 0.457 e. The van der Waals surface area contributed by atoms with Gasteiger partial charge < -0.3 is 14.6 Å². The Balaban J connectivity index is 5.81. The predicted molar refractivity (Wildman–Crippen MR) is 40.0 cm³/mol. The van der Waals surface area contributed by atoms with Gasteiger partial charge in [-0.25, -0.2) is 9.59 Å². The minimum atomic E-state index is -6.34. The monoisotopic (exact) mass is 266 g/mol. The first-order valence-electron chi connectivity index (χ1n) is 3.80. The Morgan fingerprint density at radius 3 is 1.41 bits per heavy atom. The number of aliphatic hydroxyl groups is 1. The molecule has 0 aromatic carbocycles. The minimum absolute atomic E-state index is 0.419. The summed E-state index contributed by atoms with van der Waals surface area (Å²) in [5.74, 6) is -11.0. The van der Waals surface area contributed by atoms with Crippen molar-refractivity contribution in [2.75, 3.05) is 14.2 Å². The van der Waals surface area contributed by atoms with Crippen molar-refractivity contribution in [1.82, 2.24) is 0 Å². The highest BCUT2D eigenvalue weighted by atomic mass is 19.4. The molecule has 10 heteroatoms. The van der Waals surface area contributed by atoms with Gasteiger partial charge in [0.25, 0.3) is 0 Å². The molecular formula is C7H7F5O5. The number of alkyl halides is 5. The molecule has 0 unspecified atom stereocenters. The quantitative estimate of drug-likeness (QED) is 0.450. The predicted octanol–water partition coefficient (Wildman–Crippen LogP) is 0.261. The lowest BCUT2D eigenvalue weighted by Gasteiger charge is -2.31. The summed E-state index contributed by atoms with van der Waals surface area (Å²) in [7, 11) is 0.839. The fourth-order valence-electron chi connectivity index (χ4n) is 0.840. The largest absolute Gasteiger partial charge is 0.466 e. The van der Waals surface area contributed by atoms with E-state index >= 15 is 0 Å². The van der Waals surface area contributed by atoms with Crippen molar-refractivity contribution in [2.24, 2.45) is 0 Å². The van der Waals surface area contributed by atoms with Crippen molar-refractivity contribution in [3.63, 3.8) is 0 Å². The van der Waals surface area contributed by atoms with E-state index in [2.05, 4.69) is 9.47 Å². The number of ether oxygens (including phenoxy) is 2. The normalized spacial score (nSPS) is 13.2. The van der Waals surface area contributed by atoms with Crippen molar-refractivity contribution in [2.45, 2.75) is 17.7 Å². The van der Waals surface area contributed by atoms with Gasteiger partial charge in [0.05, 0.1) is 14.2 Å². The molecule has 0 radical (unpaired) electrons. The molecule has 0 aromatic heterocycles. The van der Waals surface area contributed by atoms with Crippen LogP contribution in [0.4, 0.5) is 22.0 Å². The Morgan fingerprint density at radius 1 is 0.941 bits per heavy atom. The molecule has 0 bridgehead atoms. The van der Waals surface area contributed by atoms with Gasteiger partial charge in [-0.15, -0.1) is 0 Å². The lowest BCUT2D eigenvalue weighted by atomic mass is 9.95. The van der Waals surface area contributed by atoms with Gasteiger partial charge in [-0.05, 0) is 0 Å². The van der Waals surface area contributed by atoms with E-state index in [4.69, 9.17) is 5.11 Å². The van der Waals surface area contributed by atoms with Crippen LogP contribution >= 0.6 is 0 Å². The minimum Gasteiger partial charge on any atom is -0.466 e. The molecule has 0 amide bonds. The maximum Gasteiger partial charge on any atom is 0.457 e. The summed E-state index contributed by atoms with van der Waals surface area (Å²) in [4.78, 5) is 21.5. The first-order valence-corrected chi connectivity index (χ1v) is 3.80. The van der Waals surface area contributed by atoms with Crippen LogP contribution in [0.3, 0.4) is 0 Å². The van der Waals surface area contributed by atoms with Gasteiger partial charge in [0.1, 0.15) is 0 Å². The molecule has 1 N–H and O–H groups in total. The Bertz CT molecular complexity index is 307. The van der Waals surface area contributed by atoms with Gasteiger partial charge in [0, 0.05) is 0 Å². The van der Waals surface area contributed by atoms with E-state index in [1.54, 1.807) is 0 Å². The zero-order valence-electron chi connectivity index (χ0n) is 8.47. The van der Waals surface area contributed by atoms with Gasteiger partial charge in [0.15, 0.2) is 0 Å². The topological polar surface area (TPSA) is 72.8 Å². The molecule has 0 atom stereocenters. The third-order valence-electron chi connectivity index (χ3n) is 1.77. The van der Waals surface area contributed by atoms with Crippen LogP contribution in [-0.4, -0.2) is 49.0 Å².